The van der Waals surface area contributed by atoms with E-state index in [-0.39, 0.29) is 49.2 Å². The number of sulfonamides is 1. The second-order valence-corrected chi connectivity index (χ2v) is 12.8. The molecule has 1 saturated heterocycles. The van der Waals surface area contributed by atoms with Crippen molar-refractivity contribution in [3.05, 3.63) is 45.8 Å². The van der Waals surface area contributed by atoms with Gasteiger partial charge in [0.1, 0.15) is 5.00 Å². The highest BCUT2D eigenvalue weighted by atomic mass is 35.5. The van der Waals surface area contributed by atoms with Crippen molar-refractivity contribution < 1.29 is 27.5 Å². The molecular formula is C26H36ClN3O6S2. The molecule has 1 N–H and O–H groups in total. The molecule has 4 rings (SSSR count). The first-order valence-corrected chi connectivity index (χ1v) is 14.9. The van der Waals surface area contributed by atoms with Gasteiger partial charge in [0.05, 0.1) is 29.3 Å². The third kappa shape index (κ3) is 6.40. The van der Waals surface area contributed by atoms with Crippen molar-refractivity contribution in [2.45, 2.75) is 70.7 Å². The minimum absolute atomic E-state index is 0. The van der Waals surface area contributed by atoms with E-state index in [0.29, 0.717) is 35.1 Å². The predicted molar refractivity (Wildman–Crippen MR) is 150 cm³/mol. The molecular weight excluding hydrogens is 550 g/mol. The van der Waals surface area contributed by atoms with Crippen molar-refractivity contribution in [1.82, 2.24) is 9.21 Å². The van der Waals surface area contributed by atoms with Gasteiger partial charge in [0, 0.05) is 42.7 Å². The van der Waals surface area contributed by atoms with Crippen LogP contribution < -0.4 is 5.32 Å². The highest BCUT2D eigenvalue weighted by Gasteiger charge is 2.33. The first kappa shape index (κ1) is 30.5. The molecule has 3 heterocycles. The molecule has 38 heavy (non-hydrogen) atoms. The Morgan fingerprint density at radius 1 is 1.16 bits per heavy atom. The van der Waals surface area contributed by atoms with Gasteiger partial charge < -0.3 is 14.8 Å². The van der Waals surface area contributed by atoms with E-state index in [2.05, 4.69) is 24.1 Å². The topological polar surface area (TPSA) is 105 Å². The van der Waals surface area contributed by atoms with Crippen LogP contribution in [0.5, 0.6) is 0 Å². The molecule has 0 aliphatic carbocycles. The Balaban J connectivity index is 0.00000400. The smallest absolute Gasteiger partial charge is 0.341 e. The molecule has 2 aliphatic heterocycles. The number of anilines is 1. The molecule has 0 saturated carbocycles. The molecule has 1 fully saturated rings. The maximum Gasteiger partial charge on any atom is 0.341 e. The van der Waals surface area contributed by atoms with Crippen LogP contribution in [0.1, 0.15) is 65.8 Å². The van der Waals surface area contributed by atoms with Crippen molar-refractivity contribution in [2.24, 2.45) is 0 Å². The Labute approximate surface area is 234 Å². The number of esters is 1. The summed E-state index contributed by atoms with van der Waals surface area (Å²) < 4.78 is 38.6. The lowest BCUT2D eigenvalue weighted by Crippen LogP contribution is -2.48. The Morgan fingerprint density at radius 2 is 1.79 bits per heavy atom. The first-order chi connectivity index (χ1) is 17.5. The van der Waals surface area contributed by atoms with Gasteiger partial charge >= 0.3 is 5.97 Å². The molecule has 2 aromatic rings. The van der Waals surface area contributed by atoms with Crippen LogP contribution in [0.2, 0.25) is 0 Å². The van der Waals surface area contributed by atoms with Crippen molar-refractivity contribution in [3.8, 4) is 0 Å². The molecule has 2 atom stereocenters. The van der Waals surface area contributed by atoms with Crippen molar-refractivity contribution in [3.63, 3.8) is 0 Å². The summed E-state index contributed by atoms with van der Waals surface area (Å²) in [7, 11) is -3.71. The van der Waals surface area contributed by atoms with Crippen LogP contribution in [0.15, 0.2) is 29.2 Å². The number of thiophene rings is 1. The number of amides is 1. The van der Waals surface area contributed by atoms with Crippen LogP contribution in [0.25, 0.3) is 0 Å². The number of carbonyl (C=O) groups is 2. The number of morpholine rings is 1. The molecule has 2 aliphatic rings. The molecule has 12 heteroatoms. The van der Waals surface area contributed by atoms with E-state index in [9.17, 15) is 18.0 Å². The summed E-state index contributed by atoms with van der Waals surface area (Å²) in [6.45, 7) is 12.1. The number of benzene rings is 1. The van der Waals surface area contributed by atoms with E-state index in [1.54, 1.807) is 6.92 Å². The number of hydrogen-bond donors (Lipinski definition) is 1. The summed E-state index contributed by atoms with van der Waals surface area (Å²) in [4.78, 5) is 29.5. The number of rotatable bonds is 7. The summed E-state index contributed by atoms with van der Waals surface area (Å²) in [6, 6.07) is 6.25. The fourth-order valence-electron chi connectivity index (χ4n) is 4.80. The number of nitrogens with zero attached hydrogens (tertiary/aromatic N) is 2. The number of nitrogens with one attached hydrogen (secondary N) is 1. The predicted octanol–water partition coefficient (Wildman–Crippen LogP) is 4.16. The molecule has 210 valence electrons. The van der Waals surface area contributed by atoms with Crippen LogP contribution in [-0.4, -0.2) is 74.0 Å². The van der Waals surface area contributed by atoms with E-state index in [1.807, 2.05) is 13.8 Å². The molecule has 9 nitrogen and oxygen atoms in total. The summed E-state index contributed by atoms with van der Waals surface area (Å²) in [5.41, 5.74) is 1.66. The fraction of sp³-hybridized carbons (Fsp3) is 0.538. The molecule has 1 aromatic heterocycles. The minimum atomic E-state index is -3.71. The standard InChI is InChI=1S/C26H35N3O6S2.ClH/c1-6-34-26(31)23-21-11-12-28(16(2)3)15-22(21)36-25(23)27-24(30)19-7-9-20(10-8-19)37(32,33)29-13-17(4)35-18(5)14-29;/h7-10,16-18H,6,11-15H2,1-5H3,(H,27,30);1H. The lowest BCUT2D eigenvalue weighted by molar-refractivity contribution is -0.0440. The van der Waals surface area contributed by atoms with Gasteiger partial charge in [-0.1, -0.05) is 0 Å². The van der Waals surface area contributed by atoms with Crippen LogP contribution in [0.3, 0.4) is 0 Å². The van der Waals surface area contributed by atoms with Gasteiger partial charge in [-0.05, 0) is 70.9 Å². The monoisotopic (exact) mass is 585 g/mol. The van der Waals surface area contributed by atoms with Gasteiger partial charge in [-0.15, -0.1) is 23.7 Å². The number of fused-ring (bicyclic) bond motifs is 1. The molecule has 0 bridgehead atoms. The van der Waals surface area contributed by atoms with Crippen LogP contribution in [-0.2, 0) is 32.5 Å². The zero-order chi connectivity index (χ0) is 26.9. The number of halogens is 1. The Hall–Kier alpha value is -2.02. The quantitative estimate of drug-likeness (QED) is 0.486. The fourth-order valence-corrected chi connectivity index (χ4v) is 7.65. The highest BCUT2D eigenvalue weighted by Crippen LogP contribution is 2.38. The molecule has 2 unspecified atom stereocenters. The zero-order valence-corrected chi connectivity index (χ0v) is 24.8. The molecule has 1 aromatic carbocycles. The van der Waals surface area contributed by atoms with Crippen molar-refractivity contribution >= 4 is 50.6 Å². The van der Waals surface area contributed by atoms with Crippen LogP contribution >= 0.6 is 23.7 Å². The SMILES string of the molecule is CCOC(=O)c1c(NC(=O)c2ccc(S(=O)(=O)N3CC(C)OC(C)C3)cc2)sc2c1CCN(C(C)C)C2.Cl. The lowest BCUT2D eigenvalue weighted by Gasteiger charge is -2.34. The largest absolute Gasteiger partial charge is 0.462 e. The van der Waals surface area contributed by atoms with Crippen molar-refractivity contribution in [1.29, 1.82) is 0 Å². The molecule has 1 amide bonds. The first-order valence-electron chi connectivity index (χ1n) is 12.6. The van der Waals surface area contributed by atoms with Gasteiger partial charge in [0.25, 0.3) is 5.91 Å². The number of hydrogen-bond acceptors (Lipinski definition) is 8. The Kier molecular flexibility index (Phi) is 9.99. The molecule has 0 spiro atoms. The van der Waals surface area contributed by atoms with Gasteiger partial charge in [0.2, 0.25) is 10.0 Å². The second kappa shape index (κ2) is 12.4. The van der Waals surface area contributed by atoms with Crippen LogP contribution in [0.4, 0.5) is 5.00 Å². The van der Waals surface area contributed by atoms with E-state index >= 15 is 0 Å². The minimum Gasteiger partial charge on any atom is -0.462 e. The van der Waals surface area contributed by atoms with E-state index in [0.717, 1.165) is 17.0 Å². The van der Waals surface area contributed by atoms with E-state index in [1.165, 1.54) is 39.9 Å². The average molecular weight is 586 g/mol. The van der Waals surface area contributed by atoms with E-state index < -0.39 is 21.9 Å². The highest BCUT2D eigenvalue weighted by molar-refractivity contribution is 7.89. The molecule has 0 radical (unpaired) electrons. The summed E-state index contributed by atoms with van der Waals surface area (Å²) in [5, 5.41) is 3.35. The van der Waals surface area contributed by atoms with Gasteiger partial charge in [-0.2, -0.15) is 4.31 Å². The Bertz CT molecular complexity index is 1250. The summed E-state index contributed by atoms with van der Waals surface area (Å²) in [5.74, 6) is -0.855. The average Bonchev–Trinajstić information content (AvgIpc) is 3.20. The summed E-state index contributed by atoms with van der Waals surface area (Å²) >= 11 is 1.40. The second-order valence-electron chi connectivity index (χ2n) is 9.80. The summed E-state index contributed by atoms with van der Waals surface area (Å²) in [6.07, 6.45) is 0.321. The Morgan fingerprint density at radius 3 is 2.37 bits per heavy atom. The maximum absolute atomic E-state index is 13.1. The van der Waals surface area contributed by atoms with Gasteiger partial charge in [-0.3, -0.25) is 9.69 Å². The van der Waals surface area contributed by atoms with Crippen molar-refractivity contribution in [2.75, 3.05) is 31.6 Å². The van der Waals surface area contributed by atoms with Gasteiger partial charge in [0.15, 0.2) is 0 Å². The van der Waals surface area contributed by atoms with Gasteiger partial charge in [-0.25, -0.2) is 13.2 Å². The normalized spacial score (nSPS) is 20.5. The lowest BCUT2D eigenvalue weighted by atomic mass is 10.0. The zero-order valence-electron chi connectivity index (χ0n) is 22.4. The maximum atomic E-state index is 13.1. The van der Waals surface area contributed by atoms with E-state index in [4.69, 9.17) is 9.47 Å². The third-order valence-electron chi connectivity index (χ3n) is 6.66. The number of carbonyl (C=O) groups excluding carboxylic acids is 2. The van der Waals surface area contributed by atoms with Crippen LogP contribution in [0, 0.1) is 0 Å². The number of ether oxygens (including phenoxy) is 2. The third-order valence-corrected chi connectivity index (χ3v) is 9.64.